The first-order valence-electron chi connectivity index (χ1n) is 7.74. The van der Waals surface area contributed by atoms with Crippen molar-refractivity contribution in [2.24, 2.45) is 0 Å². The van der Waals surface area contributed by atoms with Gasteiger partial charge in [-0.1, -0.05) is 60.7 Å². The number of aromatic nitrogens is 1. The highest BCUT2D eigenvalue weighted by Crippen LogP contribution is 2.19. The summed E-state index contributed by atoms with van der Waals surface area (Å²) < 4.78 is 0. The fraction of sp³-hybridized carbons (Fsp3) is 0.158. The van der Waals surface area contributed by atoms with Gasteiger partial charge in [-0.2, -0.15) is 0 Å². The lowest BCUT2D eigenvalue weighted by molar-refractivity contribution is -0.139. The van der Waals surface area contributed by atoms with Gasteiger partial charge in [-0.15, -0.1) is 0 Å². The number of para-hydroxylation sites is 1. The van der Waals surface area contributed by atoms with Crippen LogP contribution in [0.3, 0.4) is 0 Å². The van der Waals surface area contributed by atoms with Gasteiger partial charge in [0.2, 0.25) is 0 Å². The van der Waals surface area contributed by atoms with Crippen LogP contribution in [0.25, 0.3) is 10.9 Å². The Kier molecular flexibility index (Phi) is 4.91. The van der Waals surface area contributed by atoms with Crippen LogP contribution in [-0.2, 0) is 17.6 Å². The van der Waals surface area contributed by atoms with E-state index in [4.69, 9.17) is 12.2 Å². The van der Waals surface area contributed by atoms with Gasteiger partial charge in [0.15, 0.2) is 0 Å². The number of carboxylic acids is 1. The van der Waals surface area contributed by atoms with Gasteiger partial charge in [0.05, 0.1) is 4.99 Å². The number of H-pyrrole nitrogens is 1. The number of nitrogens with one attached hydrogen (secondary N) is 2. The molecule has 0 aliphatic heterocycles. The highest BCUT2D eigenvalue weighted by Gasteiger charge is 2.20. The molecule has 0 aliphatic rings. The number of benzene rings is 2. The lowest BCUT2D eigenvalue weighted by atomic mass is 10.0. The molecule has 0 radical (unpaired) electrons. The van der Waals surface area contributed by atoms with Crippen molar-refractivity contribution in [1.29, 1.82) is 0 Å². The van der Waals surface area contributed by atoms with E-state index in [1.807, 2.05) is 60.8 Å². The van der Waals surface area contributed by atoms with Crippen molar-refractivity contribution >= 4 is 34.1 Å². The van der Waals surface area contributed by atoms with Gasteiger partial charge >= 0.3 is 5.97 Å². The Morgan fingerprint density at radius 2 is 1.83 bits per heavy atom. The summed E-state index contributed by atoms with van der Waals surface area (Å²) in [7, 11) is 0. The first-order valence-corrected chi connectivity index (χ1v) is 8.15. The quantitative estimate of drug-likeness (QED) is 0.603. The van der Waals surface area contributed by atoms with Crippen molar-refractivity contribution in [3.05, 3.63) is 71.9 Å². The second-order valence-corrected chi connectivity index (χ2v) is 6.18. The molecule has 3 aromatic rings. The molecule has 24 heavy (non-hydrogen) atoms. The van der Waals surface area contributed by atoms with Crippen LogP contribution in [0.5, 0.6) is 0 Å². The molecule has 4 nitrogen and oxygen atoms in total. The highest BCUT2D eigenvalue weighted by molar-refractivity contribution is 7.80. The minimum Gasteiger partial charge on any atom is -0.480 e. The summed E-state index contributed by atoms with van der Waals surface area (Å²) in [5, 5.41) is 13.6. The summed E-state index contributed by atoms with van der Waals surface area (Å²) >= 11 is 5.34. The average molecular weight is 338 g/mol. The number of thiocarbonyl (C=S) groups is 1. The monoisotopic (exact) mass is 338 g/mol. The Hall–Kier alpha value is -2.66. The fourth-order valence-electron chi connectivity index (χ4n) is 2.75. The average Bonchev–Trinajstić information content (AvgIpc) is 2.98. The zero-order valence-corrected chi connectivity index (χ0v) is 13.8. The summed E-state index contributed by atoms with van der Waals surface area (Å²) in [6.45, 7) is 0. The molecule has 0 spiro atoms. The van der Waals surface area contributed by atoms with Gasteiger partial charge in [0.1, 0.15) is 6.04 Å². The lowest BCUT2D eigenvalue weighted by Gasteiger charge is -2.16. The van der Waals surface area contributed by atoms with Crippen LogP contribution in [0, 0.1) is 0 Å². The Balaban J connectivity index is 1.71. The Labute approximate surface area is 145 Å². The first kappa shape index (κ1) is 16.2. The summed E-state index contributed by atoms with van der Waals surface area (Å²) in [4.78, 5) is 15.3. The molecule has 1 unspecified atom stereocenters. The van der Waals surface area contributed by atoms with Crippen molar-refractivity contribution in [3.8, 4) is 0 Å². The van der Waals surface area contributed by atoms with Crippen molar-refractivity contribution in [2.45, 2.75) is 18.9 Å². The van der Waals surface area contributed by atoms with E-state index >= 15 is 0 Å². The molecule has 0 aliphatic carbocycles. The van der Waals surface area contributed by atoms with Gasteiger partial charge in [-0.25, -0.2) is 4.79 Å². The van der Waals surface area contributed by atoms with Crippen LogP contribution in [-0.4, -0.2) is 27.1 Å². The van der Waals surface area contributed by atoms with Crippen LogP contribution in [0.1, 0.15) is 11.1 Å². The number of hydrogen-bond donors (Lipinski definition) is 3. The summed E-state index contributed by atoms with van der Waals surface area (Å²) in [6.07, 6.45) is 2.77. The predicted molar refractivity (Wildman–Crippen MR) is 99.3 cm³/mol. The van der Waals surface area contributed by atoms with E-state index in [2.05, 4.69) is 10.3 Å². The molecule has 5 heteroatoms. The molecule has 3 rings (SSSR count). The molecule has 0 saturated carbocycles. The van der Waals surface area contributed by atoms with E-state index in [0.29, 0.717) is 17.8 Å². The second kappa shape index (κ2) is 7.27. The van der Waals surface area contributed by atoms with E-state index < -0.39 is 12.0 Å². The fourth-order valence-corrected chi connectivity index (χ4v) is 3.06. The molecular weight excluding hydrogens is 320 g/mol. The topological polar surface area (TPSA) is 65.1 Å². The van der Waals surface area contributed by atoms with E-state index in [-0.39, 0.29) is 0 Å². The van der Waals surface area contributed by atoms with Crippen LogP contribution >= 0.6 is 12.2 Å². The molecule has 0 bridgehead atoms. The van der Waals surface area contributed by atoms with Crippen molar-refractivity contribution in [1.82, 2.24) is 10.3 Å². The minimum absolute atomic E-state index is 0.369. The van der Waals surface area contributed by atoms with Crippen LogP contribution in [0.2, 0.25) is 0 Å². The van der Waals surface area contributed by atoms with Gasteiger partial charge < -0.3 is 15.4 Å². The third-order valence-corrected chi connectivity index (χ3v) is 4.20. The molecule has 1 heterocycles. The summed E-state index contributed by atoms with van der Waals surface area (Å²) in [5.74, 6) is -0.907. The number of aromatic amines is 1. The highest BCUT2D eigenvalue weighted by atomic mass is 32.1. The van der Waals surface area contributed by atoms with Gasteiger partial charge in [-0.05, 0) is 17.2 Å². The predicted octanol–water partition coefficient (Wildman–Crippen LogP) is 3.32. The Morgan fingerprint density at radius 1 is 1.12 bits per heavy atom. The Morgan fingerprint density at radius 3 is 2.58 bits per heavy atom. The van der Waals surface area contributed by atoms with Gasteiger partial charge in [0, 0.05) is 29.9 Å². The molecule has 1 aromatic heterocycles. The van der Waals surface area contributed by atoms with Gasteiger partial charge in [-0.3, -0.25) is 0 Å². The maximum Gasteiger partial charge on any atom is 0.326 e. The van der Waals surface area contributed by atoms with Crippen LogP contribution in [0.15, 0.2) is 60.8 Å². The van der Waals surface area contributed by atoms with E-state index in [0.717, 1.165) is 22.0 Å². The second-order valence-electron chi connectivity index (χ2n) is 5.68. The molecule has 0 saturated heterocycles. The van der Waals surface area contributed by atoms with E-state index in [1.165, 1.54) is 0 Å². The largest absolute Gasteiger partial charge is 0.480 e. The van der Waals surface area contributed by atoms with Crippen LogP contribution < -0.4 is 5.32 Å². The number of fused-ring (bicyclic) bond motifs is 1. The van der Waals surface area contributed by atoms with E-state index in [9.17, 15) is 9.90 Å². The lowest BCUT2D eigenvalue weighted by Crippen LogP contribution is -2.42. The number of rotatable bonds is 6. The standard InChI is InChI=1S/C19H18N2O2S/c22-19(23)17(21-18(24)10-13-6-2-1-3-7-13)11-14-12-20-16-9-5-4-8-15(14)16/h1-9,12,17,20H,10-11H2,(H,21,24)(H,22,23). The maximum atomic E-state index is 11.6. The normalized spacial score (nSPS) is 12.0. The third kappa shape index (κ3) is 3.81. The summed E-state index contributed by atoms with van der Waals surface area (Å²) in [6, 6.07) is 16.9. The Bertz CT molecular complexity index is 858. The van der Waals surface area contributed by atoms with Crippen molar-refractivity contribution < 1.29 is 9.90 Å². The van der Waals surface area contributed by atoms with Gasteiger partial charge in [0.25, 0.3) is 0 Å². The first-order chi connectivity index (χ1) is 11.6. The zero-order chi connectivity index (χ0) is 16.9. The minimum atomic E-state index is -0.907. The number of hydrogen-bond acceptors (Lipinski definition) is 2. The van der Waals surface area contributed by atoms with Crippen LogP contribution in [0.4, 0.5) is 0 Å². The maximum absolute atomic E-state index is 11.6. The molecule has 122 valence electrons. The zero-order valence-electron chi connectivity index (χ0n) is 13.0. The number of carbonyl (C=O) groups is 1. The molecular formula is C19H18N2O2S. The molecule has 0 fully saturated rings. The third-order valence-electron chi connectivity index (χ3n) is 3.94. The SMILES string of the molecule is O=C(O)C(Cc1c[nH]c2ccccc12)NC(=S)Cc1ccccc1. The molecule has 3 N–H and O–H groups in total. The molecule has 1 atom stereocenters. The van der Waals surface area contributed by atoms with Crippen molar-refractivity contribution in [2.75, 3.05) is 0 Å². The molecule has 0 amide bonds. The summed E-state index contributed by atoms with van der Waals surface area (Å²) in [5.41, 5.74) is 3.03. The number of carboxylic acid groups (broad SMARTS) is 1. The van der Waals surface area contributed by atoms with Crippen molar-refractivity contribution in [3.63, 3.8) is 0 Å². The van der Waals surface area contributed by atoms with E-state index in [1.54, 1.807) is 0 Å². The smallest absolute Gasteiger partial charge is 0.326 e. The number of aliphatic carboxylic acids is 1. The molecule has 2 aromatic carbocycles.